The second-order valence-electron chi connectivity index (χ2n) is 10.1. The van der Waals surface area contributed by atoms with Crippen molar-refractivity contribution in [3.05, 3.63) is 41.5 Å². The van der Waals surface area contributed by atoms with Crippen LogP contribution in [-0.4, -0.2) is 0 Å². The first-order valence-electron chi connectivity index (χ1n) is 13.1. The molecule has 0 saturated heterocycles. The van der Waals surface area contributed by atoms with Gasteiger partial charge in [-0.05, 0) is 79.4 Å². The highest BCUT2D eigenvalue weighted by Gasteiger charge is 2.22. The van der Waals surface area contributed by atoms with Crippen molar-refractivity contribution in [2.45, 2.75) is 122 Å². The van der Waals surface area contributed by atoms with Gasteiger partial charge in [0.15, 0.2) is 0 Å². The van der Waals surface area contributed by atoms with Crippen molar-refractivity contribution in [3.63, 3.8) is 0 Å². The molecule has 0 bridgehead atoms. The predicted molar refractivity (Wildman–Crippen MR) is 129 cm³/mol. The van der Waals surface area contributed by atoms with E-state index in [1.165, 1.54) is 108 Å². The predicted octanol–water partition coefficient (Wildman–Crippen LogP) is 9.69. The van der Waals surface area contributed by atoms with Gasteiger partial charge >= 0.3 is 0 Å². The second kappa shape index (κ2) is 12.6. The summed E-state index contributed by atoms with van der Waals surface area (Å²) in [6, 6.07) is 9.74. The van der Waals surface area contributed by atoms with Gasteiger partial charge in [-0.1, -0.05) is 102 Å². The Labute approximate surface area is 181 Å². The quantitative estimate of drug-likeness (QED) is 0.328. The maximum Gasteiger partial charge on any atom is -0.0162 e. The lowest BCUT2D eigenvalue weighted by atomic mass is 9.77. The number of unbranched alkanes of at least 4 members (excludes halogenated alkanes) is 5. The minimum absolute atomic E-state index is 0.819. The Hall–Kier alpha value is -1.04. The van der Waals surface area contributed by atoms with E-state index in [9.17, 15) is 0 Å². The van der Waals surface area contributed by atoms with Crippen molar-refractivity contribution in [1.29, 1.82) is 0 Å². The molecule has 1 aromatic rings. The lowest BCUT2D eigenvalue weighted by Crippen LogP contribution is -2.13. The molecule has 0 amide bonds. The third-order valence-corrected chi connectivity index (χ3v) is 7.78. The summed E-state index contributed by atoms with van der Waals surface area (Å²) in [6.07, 6.45) is 25.1. The summed E-state index contributed by atoms with van der Waals surface area (Å²) in [5.74, 6) is 2.77. The molecule has 0 spiro atoms. The standard InChI is InChI=1S/C29H46/c1-3-5-6-7-8-9-11-25-14-18-27(19-15-25)29-22-20-28(21-23-29)26-16-12-24(10-4-2)13-17-26/h18,20-26H,3-17,19H2,1-2H3/t24-,25?,26-. The van der Waals surface area contributed by atoms with E-state index in [-0.39, 0.29) is 0 Å². The van der Waals surface area contributed by atoms with E-state index < -0.39 is 0 Å². The molecular formula is C29H46. The molecule has 0 heteroatoms. The highest BCUT2D eigenvalue weighted by atomic mass is 14.3. The average molecular weight is 395 g/mol. The lowest BCUT2D eigenvalue weighted by molar-refractivity contribution is 0.308. The summed E-state index contributed by atoms with van der Waals surface area (Å²) in [5.41, 5.74) is 4.70. The van der Waals surface area contributed by atoms with Crippen molar-refractivity contribution in [2.24, 2.45) is 11.8 Å². The Morgan fingerprint density at radius 2 is 1.41 bits per heavy atom. The van der Waals surface area contributed by atoms with Crippen molar-refractivity contribution in [2.75, 3.05) is 0 Å². The molecule has 1 saturated carbocycles. The van der Waals surface area contributed by atoms with Crippen molar-refractivity contribution in [1.82, 2.24) is 0 Å². The minimum atomic E-state index is 0.819. The Kier molecular flexibility index (Phi) is 9.84. The maximum absolute atomic E-state index is 2.57. The molecular weight excluding hydrogens is 348 g/mol. The number of benzene rings is 1. The minimum Gasteiger partial charge on any atom is -0.0804 e. The third kappa shape index (κ3) is 7.30. The van der Waals surface area contributed by atoms with Crippen LogP contribution in [-0.2, 0) is 0 Å². The molecule has 0 radical (unpaired) electrons. The number of rotatable bonds is 11. The van der Waals surface area contributed by atoms with Gasteiger partial charge in [0.2, 0.25) is 0 Å². The molecule has 162 valence electrons. The number of allylic oxidation sites excluding steroid dienone is 2. The first-order chi connectivity index (χ1) is 14.3. The Bertz CT molecular complexity index is 585. The lowest BCUT2D eigenvalue weighted by Gasteiger charge is -2.29. The van der Waals surface area contributed by atoms with Gasteiger partial charge in [-0.15, -0.1) is 0 Å². The fourth-order valence-corrected chi connectivity index (χ4v) is 5.79. The first kappa shape index (κ1) is 22.6. The topological polar surface area (TPSA) is 0 Å². The molecule has 3 rings (SSSR count). The van der Waals surface area contributed by atoms with Gasteiger partial charge in [-0.3, -0.25) is 0 Å². The molecule has 0 N–H and O–H groups in total. The van der Waals surface area contributed by atoms with E-state index in [1.54, 1.807) is 11.1 Å². The maximum atomic E-state index is 2.57. The Morgan fingerprint density at radius 1 is 0.690 bits per heavy atom. The highest BCUT2D eigenvalue weighted by molar-refractivity contribution is 5.66. The molecule has 0 aliphatic heterocycles. The van der Waals surface area contributed by atoms with Gasteiger partial charge in [0.05, 0.1) is 0 Å². The van der Waals surface area contributed by atoms with E-state index >= 15 is 0 Å². The van der Waals surface area contributed by atoms with Crippen molar-refractivity contribution >= 4 is 5.57 Å². The smallest absolute Gasteiger partial charge is 0.0162 e. The summed E-state index contributed by atoms with van der Waals surface area (Å²) in [5, 5.41) is 0. The van der Waals surface area contributed by atoms with Crippen LogP contribution in [0, 0.1) is 11.8 Å². The largest absolute Gasteiger partial charge is 0.0804 e. The molecule has 1 atom stereocenters. The molecule has 29 heavy (non-hydrogen) atoms. The molecule has 1 unspecified atom stereocenters. The van der Waals surface area contributed by atoms with E-state index in [0.717, 1.165) is 17.8 Å². The SMILES string of the molecule is CCCCCCCCC1CC=C(c2ccc([C@H]3CC[C@H](CCC)CC3)cc2)CC1. The Morgan fingerprint density at radius 3 is 2.07 bits per heavy atom. The van der Waals surface area contributed by atoms with Crippen LogP contribution >= 0.6 is 0 Å². The van der Waals surface area contributed by atoms with Crippen LogP contribution < -0.4 is 0 Å². The molecule has 1 fully saturated rings. The third-order valence-electron chi connectivity index (χ3n) is 7.78. The van der Waals surface area contributed by atoms with Crippen molar-refractivity contribution < 1.29 is 0 Å². The van der Waals surface area contributed by atoms with Crippen LogP contribution in [0.25, 0.3) is 5.57 Å². The fourth-order valence-electron chi connectivity index (χ4n) is 5.79. The molecule has 1 aromatic carbocycles. The van der Waals surface area contributed by atoms with Crippen LogP contribution in [0.5, 0.6) is 0 Å². The number of hydrogen-bond acceptors (Lipinski definition) is 0. The summed E-state index contributed by atoms with van der Waals surface area (Å²) >= 11 is 0. The normalized spacial score (nSPS) is 25.0. The van der Waals surface area contributed by atoms with E-state index in [1.807, 2.05) is 0 Å². The summed E-state index contributed by atoms with van der Waals surface area (Å²) in [4.78, 5) is 0. The summed E-state index contributed by atoms with van der Waals surface area (Å²) in [6.45, 7) is 4.64. The fraction of sp³-hybridized carbons (Fsp3) is 0.724. The van der Waals surface area contributed by atoms with E-state index in [4.69, 9.17) is 0 Å². The molecule has 2 aliphatic carbocycles. The van der Waals surface area contributed by atoms with Crippen LogP contribution in [0.1, 0.15) is 134 Å². The zero-order chi connectivity index (χ0) is 20.3. The van der Waals surface area contributed by atoms with Gasteiger partial charge < -0.3 is 0 Å². The average Bonchev–Trinajstić information content (AvgIpc) is 2.78. The second-order valence-corrected chi connectivity index (χ2v) is 10.1. The summed E-state index contributed by atoms with van der Waals surface area (Å²) < 4.78 is 0. The van der Waals surface area contributed by atoms with Crippen molar-refractivity contribution in [3.8, 4) is 0 Å². The van der Waals surface area contributed by atoms with Crippen LogP contribution in [0.2, 0.25) is 0 Å². The molecule has 0 heterocycles. The number of hydrogen-bond donors (Lipinski definition) is 0. The molecule has 0 aromatic heterocycles. The highest BCUT2D eigenvalue weighted by Crippen LogP contribution is 2.38. The van der Waals surface area contributed by atoms with E-state index in [0.29, 0.717) is 0 Å². The van der Waals surface area contributed by atoms with Crippen LogP contribution in [0.4, 0.5) is 0 Å². The van der Waals surface area contributed by atoms with Gasteiger partial charge in [0, 0.05) is 0 Å². The first-order valence-corrected chi connectivity index (χ1v) is 13.1. The Balaban J connectivity index is 1.41. The summed E-state index contributed by atoms with van der Waals surface area (Å²) in [7, 11) is 0. The zero-order valence-electron chi connectivity index (χ0n) is 19.4. The molecule has 2 aliphatic rings. The van der Waals surface area contributed by atoms with Gasteiger partial charge in [0.1, 0.15) is 0 Å². The van der Waals surface area contributed by atoms with Gasteiger partial charge in [-0.25, -0.2) is 0 Å². The van der Waals surface area contributed by atoms with Gasteiger partial charge in [-0.2, -0.15) is 0 Å². The molecule has 0 nitrogen and oxygen atoms in total. The van der Waals surface area contributed by atoms with Gasteiger partial charge in [0.25, 0.3) is 0 Å². The monoisotopic (exact) mass is 394 g/mol. The van der Waals surface area contributed by atoms with Crippen LogP contribution in [0.15, 0.2) is 30.3 Å². The zero-order valence-corrected chi connectivity index (χ0v) is 19.4. The van der Waals surface area contributed by atoms with Crippen LogP contribution in [0.3, 0.4) is 0 Å². The van der Waals surface area contributed by atoms with E-state index in [2.05, 4.69) is 44.2 Å².